The molecule has 2 heterocycles. The minimum atomic E-state index is -0.0566. The number of rotatable bonds is 6. The number of aromatic nitrogens is 5. The Kier molecular flexibility index (Phi) is 4.32. The highest BCUT2D eigenvalue weighted by molar-refractivity contribution is 6.99. The van der Waals surface area contributed by atoms with Gasteiger partial charge in [0, 0.05) is 0 Å². The number of hydrogen-bond donors (Lipinski definition) is 1. The molecule has 0 fully saturated rings. The summed E-state index contributed by atoms with van der Waals surface area (Å²) in [5, 5.41) is 11.8. The van der Waals surface area contributed by atoms with Gasteiger partial charge in [0.2, 0.25) is 0 Å². The first-order valence-corrected chi connectivity index (χ1v) is 7.60. The molecule has 0 aliphatic rings. The quantitative estimate of drug-likeness (QED) is 0.756. The van der Waals surface area contributed by atoms with Crippen molar-refractivity contribution in [2.24, 2.45) is 0 Å². The number of hydrogen-bond acceptors (Lipinski definition) is 6. The number of benzene rings is 1. The zero-order valence-electron chi connectivity index (χ0n) is 11.7. The van der Waals surface area contributed by atoms with Crippen molar-refractivity contribution in [1.29, 1.82) is 0 Å². The molecule has 0 bridgehead atoms. The van der Waals surface area contributed by atoms with Crippen molar-refractivity contribution >= 4 is 11.7 Å². The van der Waals surface area contributed by atoms with E-state index in [1.165, 1.54) is 11.7 Å². The van der Waals surface area contributed by atoms with Gasteiger partial charge in [-0.1, -0.05) is 30.3 Å². The molecule has 21 heavy (non-hydrogen) atoms. The summed E-state index contributed by atoms with van der Waals surface area (Å²) in [6.07, 6.45) is 4.61. The van der Waals surface area contributed by atoms with Crippen molar-refractivity contribution < 1.29 is 0 Å². The molecule has 1 aromatic carbocycles. The van der Waals surface area contributed by atoms with Gasteiger partial charge in [-0.05, 0) is 25.1 Å². The summed E-state index contributed by atoms with van der Waals surface area (Å²) in [7, 11) is 0. The molecule has 0 radical (unpaired) electrons. The van der Waals surface area contributed by atoms with Gasteiger partial charge >= 0.3 is 0 Å². The monoisotopic (exact) mass is 300 g/mol. The van der Waals surface area contributed by atoms with E-state index in [-0.39, 0.29) is 6.04 Å². The van der Waals surface area contributed by atoms with Gasteiger partial charge in [-0.3, -0.25) is 0 Å². The maximum atomic E-state index is 4.36. The van der Waals surface area contributed by atoms with Crippen molar-refractivity contribution in [2.45, 2.75) is 19.4 Å². The van der Waals surface area contributed by atoms with Gasteiger partial charge in [0.15, 0.2) is 0 Å². The Morgan fingerprint density at radius 2 is 2.10 bits per heavy atom. The Labute approximate surface area is 127 Å². The molecule has 0 amide bonds. The summed E-state index contributed by atoms with van der Waals surface area (Å²) in [5.41, 5.74) is 2.84. The second kappa shape index (κ2) is 6.55. The predicted octanol–water partition coefficient (Wildman–Crippen LogP) is 2.21. The summed E-state index contributed by atoms with van der Waals surface area (Å²) in [5.74, 6) is 0. The van der Waals surface area contributed by atoms with Crippen LogP contribution in [-0.2, 0) is 0 Å². The SMILES string of the molecule is CCCNC(c1cnsn1)c1cnnn1-c1ccccc1. The third-order valence-corrected chi connectivity index (χ3v) is 3.64. The van der Waals surface area contributed by atoms with E-state index < -0.39 is 0 Å². The molecular formula is C14H16N6S. The fourth-order valence-electron chi connectivity index (χ4n) is 2.16. The van der Waals surface area contributed by atoms with Crippen molar-refractivity contribution in [3.63, 3.8) is 0 Å². The minimum Gasteiger partial charge on any atom is -0.304 e. The van der Waals surface area contributed by atoms with Gasteiger partial charge in [0.05, 0.1) is 47.2 Å². The minimum absolute atomic E-state index is 0.0566. The molecule has 0 saturated heterocycles. The van der Waals surface area contributed by atoms with Crippen LogP contribution in [-0.4, -0.2) is 30.3 Å². The van der Waals surface area contributed by atoms with Gasteiger partial charge in [0.25, 0.3) is 0 Å². The molecule has 2 aromatic heterocycles. The van der Waals surface area contributed by atoms with Crippen molar-refractivity contribution in [3.8, 4) is 5.69 Å². The zero-order valence-corrected chi connectivity index (χ0v) is 12.5. The van der Waals surface area contributed by atoms with E-state index in [0.717, 1.165) is 30.0 Å². The maximum Gasteiger partial charge on any atom is 0.0974 e. The lowest BCUT2D eigenvalue weighted by molar-refractivity contribution is 0.561. The largest absolute Gasteiger partial charge is 0.304 e. The highest BCUT2D eigenvalue weighted by Crippen LogP contribution is 2.22. The Morgan fingerprint density at radius 3 is 2.81 bits per heavy atom. The van der Waals surface area contributed by atoms with E-state index in [1.807, 2.05) is 35.0 Å². The molecule has 108 valence electrons. The third-order valence-electron chi connectivity index (χ3n) is 3.14. The van der Waals surface area contributed by atoms with E-state index in [0.29, 0.717) is 0 Å². The Balaban J connectivity index is 1.99. The summed E-state index contributed by atoms with van der Waals surface area (Å²) < 4.78 is 10.3. The van der Waals surface area contributed by atoms with Crippen LogP contribution in [0.4, 0.5) is 0 Å². The zero-order chi connectivity index (χ0) is 14.5. The molecular weight excluding hydrogens is 284 g/mol. The van der Waals surface area contributed by atoms with E-state index >= 15 is 0 Å². The summed E-state index contributed by atoms with van der Waals surface area (Å²) >= 11 is 1.21. The van der Waals surface area contributed by atoms with Crippen LogP contribution in [0.3, 0.4) is 0 Å². The van der Waals surface area contributed by atoms with Crippen LogP contribution in [0.25, 0.3) is 5.69 Å². The van der Waals surface area contributed by atoms with E-state index in [9.17, 15) is 0 Å². The van der Waals surface area contributed by atoms with Crippen LogP contribution in [0.15, 0.2) is 42.7 Å². The first-order chi connectivity index (χ1) is 10.4. The molecule has 0 spiro atoms. The molecule has 3 rings (SSSR count). The molecule has 3 aromatic rings. The summed E-state index contributed by atoms with van der Waals surface area (Å²) in [4.78, 5) is 0. The van der Waals surface area contributed by atoms with Crippen LogP contribution >= 0.6 is 11.7 Å². The van der Waals surface area contributed by atoms with Crippen LogP contribution in [0, 0.1) is 0 Å². The molecule has 0 saturated carbocycles. The molecule has 1 unspecified atom stereocenters. The van der Waals surface area contributed by atoms with Crippen molar-refractivity contribution in [1.82, 2.24) is 29.1 Å². The first-order valence-electron chi connectivity index (χ1n) is 6.87. The van der Waals surface area contributed by atoms with Gasteiger partial charge in [0.1, 0.15) is 0 Å². The average Bonchev–Trinajstić information content (AvgIpc) is 3.20. The van der Waals surface area contributed by atoms with Gasteiger partial charge < -0.3 is 5.32 Å². The Hall–Kier alpha value is -2.12. The van der Waals surface area contributed by atoms with Crippen LogP contribution in [0.1, 0.15) is 30.8 Å². The number of para-hydroxylation sites is 1. The second-order valence-electron chi connectivity index (χ2n) is 4.63. The maximum absolute atomic E-state index is 4.36. The summed E-state index contributed by atoms with van der Waals surface area (Å²) in [6, 6.07) is 9.91. The molecule has 0 aliphatic heterocycles. The van der Waals surface area contributed by atoms with Gasteiger partial charge in [-0.25, -0.2) is 4.68 Å². The van der Waals surface area contributed by atoms with E-state index in [4.69, 9.17) is 0 Å². The highest BCUT2D eigenvalue weighted by atomic mass is 32.1. The van der Waals surface area contributed by atoms with Crippen LogP contribution < -0.4 is 5.32 Å². The fourth-order valence-corrected chi connectivity index (χ4v) is 2.61. The Morgan fingerprint density at radius 1 is 1.24 bits per heavy atom. The average molecular weight is 300 g/mol. The molecule has 1 atom stereocenters. The van der Waals surface area contributed by atoms with Crippen LogP contribution in [0.5, 0.6) is 0 Å². The molecule has 0 aliphatic carbocycles. The van der Waals surface area contributed by atoms with E-state index in [2.05, 4.69) is 31.3 Å². The van der Waals surface area contributed by atoms with Gasteiger partial charge in [-0.15, -0.1) is 5.10 Å². The highest BCUT2D eigenvalue weighted by Gasteiger charge is 2.21. The lowest BCUT2D eigenvalue weighted by Crippen LogP contribution is -2.25. The Bertz CT molecular complexity index is 664. The molecule has 6 nitrogen and oxygen atoms in total. The number of nitrogens with zero attached hydrogens (tertiary/aromatic N) is 5. The summed E-state index contributed by atoms with van der Waals surface area (Å²) in [6.45, 7) is 3.03. The lowest BCUT2D eigenvalue weighted by Gasteiger charge is -2.17. The van der Waals surface area contributed by atoms with Crippen molar-refractivity contribution in [3.05, 3.63) is 54.1 Å². The predicted molar refractivity (Wildman–Crippen MR) is 81.4 cm³/mol. The topological polar surface area (TPSA) is 68.5 Å². The number of nitrogens with one attached hydrogen (secondary N) is 1. The fraction of sp³-hybridized carbons (Fsp3) is 0.286. The third kappa shape index (κ3) is 2.98. The smallest absolute Gasteiger partial charge is 0.0974 e. The normalized spacial score (nSPS) is 12.4. The van der Waals surface area contributed by atoms with Crippen molar-refractivity contribution in [2.75, 3.05) is 6.54 Å². The van der Waals surface area contributed by atoms with Gasteiger partial charge in [-0.2, -0.15) is 8.75 Å². The van der Waals surface area contributed by atoms with E-state index in [1.54, 1.807) is 12.4 Å². The lowest BCUT2D eigenvalue weighted by atomic mass is 10.1. The standard InChI is InChI=1S/C14H16N6S/c1-2-8-15-14(12-9-17-21-18-12)13-10-16-19-20(13)11-6-4-3-5-7-11/h3-7,9-10,14-15H,2,8H2,1H3. The molecule has 1 N–H and O–H groups in total. The first kappa shape index (κ1) is 13.8. The molecule has 7 heteroatoms. The second-order valence-corrected chi connectivity index (χ2v) is 5.18. The van der Waals surface area contributed by atoms with Crippen LogP contribution in [0.2, 0.25) is 0 Å².